The first kappa shape index (κ1) is 16.7. The number of rotatable bonds is 9. The molecule has 0 radical (unpaired) electrons. The van der Waals surface area contributed by atoms with Crippen molar-refractivity contribution in [1.82, 2.24) is 4.72 Å². The minimum Gasteiger partial charge on any atom is -0.494 e. The van der Waals surface area contributed by atoms with E-state index < -0.39 is 10.0 Å². The molecule has 0 fully saturated rings. The second kappa shape index (κ2) is 8.08. The normalized spacial score (nSPS) is 11.3. The topological polar surface area (TPSA) is 73.9 Å². The van der Waals surface area contributed by atoms with Gasteiger partial charge in [-0.1, -0.05) is 0 Å². The summed E-state index contributed by atoms with van der Waals surface area (Å²) in [6, 6.07) is 4.74. The zero-order valence-electron chi connectivity index (χ0n) is 12.0. The third-order valence-electron chi connectivity index (χ3n) is 2.41. The molecule has 20 heavy (non-hydrogen) atoms. The lowest BCUT2D eigenvalue weighted by molar-refractivity contribution is 0.204. The van der Waals surface area contributed by atoms with E-state index in [1.54, 1.807) is 19.1 Å². The molecule has 0 aromatic heterocycles. The minimum atomic E-state index is -3.66. The molecule has 0 amide bonds. The number of hydrogen-bond acceptors (Lipinski definition) is 5. The van der Waals surface area contributed by atoms with E-state index in [1.807, 2.05) is 6.92 Å². The van der Waals surface area contributed by atoms with Gasteiger partial charge in [-0.25, -0.2) is 13.1 Å². The van der Waals surface area contributed by atoms with E-state index in [0.29, 0.717) is 31.3 Å². The van der Waals surface area contributed by atoms with Gasteiger partial charge in [-0.15, -0.1) is 0 Å². The van der Waals surface area contributed by atoms with Gasteiger partial charge in [0.25, 0.3) is 0 Å². The summed E-state index contributed by atoms with van der Waals surface area (Å²) < 4.78 is 42.5. The molecular formula is C13H21NO5S. The Hall–Kier alpha value is -1.31. The Labute approximate surface area is 120 Å². The molecule has 0 atom stereocenters. The highest BCUT2D eigenvalue weighted by molar-refractivity contribution is 7.89. The predicted octanol–water partition coefficient (Wildman–Crippen LogP) is 1.41. The third kappa shape index (κ3) is 4.66. The number of hydrogen-bond donors (Lipinski definition) is 1. The van der Waals surface area contributed by atoms with Crippen molar-refractivity contribution in [3.63, 3.8) is 0 Å². The van der Waals surface area contributed by atoms with Crippen molar-refractivity contribution in [2.75, 3.05) is 33.5 Å². The number of sulfonamides is 1. The Bertz CT molecular complexity index is 515. The molecule has 6 nitrogen and oxygen atoms in total. The lowest BCUT2D eigenvalue weighted by atomic mass is 10.3. The van der Waals surface area contributed by atoms with E-state index in [-0.39, 0.29) is 11.4 Å². The van der Waals surface area contributed by atoms with Crippen LogP contribution in [0.4, 0.5) is 0 Å². The van der Waals surface area contributed by atoms with Crippen molar-refractivity contribution < 1.29 is 22.6 Å². The lowest BCUT2D eigenvalue weighted by Crippen LogP contribution is -2.27. The van der Waals surface area contributed by atoms with Crippen LogP contribution in [0.5, 0.6) is 11.5 Å². The summed E-state index contributed by atoms with van der Waals surface area (Å²) >= 11 is 0. The molecule has 0 bridgehead atoms. The van der Waals surface area contributed by atoms with Crippen LogP contribution in [-0.4, -0.2) is 41.9 Å². The van der Waals surface area contributed by atoms with Crippen molar-refractivity contribution in [2.24, 2.45) is 0 Å². The molecule has 0 aliphatic heterocycles. The van der Waals surface area contributed by atoms with Gasteiger partial charge in [0.15, 0.2) is 0 Å². The van der Waals surface area contributed by atoms with Gasteiger partial charge >= 0.3 is 0 Å². The van der Waals surface area contributed by atoms with Crippen LogP contribution in [-0.2, 0) is 14.8 Å². The van der Waals surface area contributed by atoms with Crippen LogP contribution in [0.1, 0.15) is 13.8 Å². The summed E-state index contributed by atoms with van der Waals surface area (Å²) in [5.41, 5.74) is 0. The van der Waals surface area contributed by atoms with E-state index in [1.165, 1.54) is 13.2 Å². The van der Waals surface area contributed by atoms with Crippen molar-refractivity contribution >= 4 is 10.0 Å². The monoisotopic (exact) mass is 303 g/mol. The predicted molar refractivity (Wildman–Crippen MR) is 75.8 cm³/mol. The molecule has 1 aromatic rings. The smallest absolute Gasteiger partial charge is 0.244 e. The highest BCUT2D eigenvalue weighted by Crippen LogP contribution is 2.28. The van der Waals surface area contributed by atoms with Crippen LogP contribution in [0.3, 0.4) is 0 Å². The molecule has 0 saturated carbocycles. The molecule has 0 saturated heterocycles. The van der Waals surface area contributed by atoms with Gasteiger partial charge in [0.2, 0.25) is 10.0 Å². The zero-order chi connectivity index (χ0) is 15.0. The highest BCUT2D eigenvalue weighted by atomic mass is 32.2. The first-order valence-corrected chi connectivity index (χ1v) is 7.91. The van der Waals surface area contributed by atoms with Gasteiger partial charge in [0.05, 0.1) is 19.8 Å². The summed E-state index contributed by atoms with van der Waals surface area (Å²) in [4.78, 5) is 0.0707. The Morgan fingerprint density at radius 2 is 1.85 bits per heavy atom. The van der Waals surface area contributed by atoms with Gasteiger partial charge < -0.3 is 14.2 Å². The van der Waals surface area contributed by atoms with Crippen LogP contribution in [0.25, 0.3) is 0 Å². The van der Waals surface area contributed by atoms with Crippen molar-refractivity contribution in [3.8, 4) is 11.5 Å². The zero-order valence-corrected chi connectivity index (χ0v) is 12.8. The average molecular weight is 303 g/mol. The Morgan fingerprint density at radius 3 is 2.45 bits per heavy atom. The molecule has 1 N–H and O–H groups in total. The van der Waals surface area contributed by atoms with Crippen molar-refractivity contribution in [2.45, 2.75) is 18.7 Å². The van der Waals surface area contributed by atoms with Crippen LogP contribution < -0.4 is 14.2 Å². The third-order valence-corrected chi connectivity index (χ3v) is 3.90. The molecule has 1 aromatic carbocycles. The first-order valence-electron chi connectivity index (χ1n) is 6.43. The van der Waals surface area contributed by atoms with Crippen LogP contribution >= 0.6 is 0 Å². The largest absolute Gasteiger partial charge is 0.494 e. The summed E-state index contributed by atoms with van der Waals surface area (Å²) in [7, 11) is -2.15. The molecule has 114 valence electrons. The lowest BCUT2D eigenvalue weighted by Gasteiger charge is -2.13. The average Bonchev–Trinajstić information content (AvgIpc) is 2.41. The van der Waals surface area contributed by atoms with Crippen molar-refractivity contribution in [1.29, 1.82) is 0 Å². The fourth-order valence-electron chi connectivity index (χ4n) is 1.59. The standard InChI is InChI=1S/C13H21NO5S/c1-4-18-11-6-7-12(19-5-2)13(10-11)20(15,16)14-8-9-17-3/h6-7,10,14H,4-5,8-9H2,1-3H3. The van der Waals surface area contributed by atoms with Gasteiger partial charge in [-0.3, -0.25) is 0 Å². The maximum atomic E-state index is 12.3. The first-order chi connectivity index (χ1) is 9.55. The van der Waals surface area contributed by atoms with Gasteiger partial charge in [-0.05, 0) is 26.0 Å². The fraction of sp³-hybridized carbons (Fsp3) is 0.538. The molecule has 0 spiro atoms. The molecular weight excluding hydrogens is 282 g/mol. The molecule has 0 aliphatic rings. The van der Waals surface area contributed by atoms with Gasteiger partial charge in [0, 0.05) is 19.7 Å². The van der Waals surface area contributed by atoms with E-state index in [9.17, 15) is 8.42 Å². The van der Waals surface area contributed by atoms with Crippen LogP contribution in [0.15, 0.2) is 23.1 Å². The molecule has 0 heterocycles. The Balaban J connectivity index is 3.07. The maximum absolute atomic E-state index is 12.3. The molecule has 0 aliphatic carbocycles. The molecule has 0 unspecified atom stereocenters. The second-order valence-electron chi connectivity index (χ2n) is 3.87. The Morgan fingerprint density at radius 1 is 1.15 bits per heavy atom. The van der Waals surface area contributed by atoms with Gasteiger partial charge in [0.1, 0.15) is 16.4 Å². The summed E-state index contributed by atoms with van der Waals surface area (Å²) in [6.45, 7) is 4.98. The second-order valence-corrected chi connectivity index (χ2v) is 5.60. The summed E-state index contributed by atoms with van der Waals surface area (Å²) in [6.07, 6.45) is 0. The number of methoxy groups -OCH3 is 1. The molecule has 1 rings (SSSR count). The quantitative estimate of drug-likeness (QED) is 0.698. The maximum Gasteiger partial charge on any atom is 0.244 e. The number of nitrogens with one attached hydrogen (secondary N) is 1. The Kier molecular flexibility index (Phi) is 6.77. The highest BCUT2D eigenvalue weighted by Gasteiger charge is 2.20. The van der Waals surface area contributed by atoms with Crippen LogP contribution in [0, 0.1) is 0 Å². The van der Waals surface area contributed by atoms with E-state index >= 15 is 0 Å². The number of benzene rings is 1. The fourth-order valence-corrected chi connectivity index (χ4v) is 2.76. The van der Waals surface area contributed by atoms with E-state index in [0.717, 1.165) is 0 Å². The number of ether oxygens (including phenoxy) is 3. The summed E-state index contributed by atoms with van der Waals surface area (Å²) in [5.74, 6) is 0.795. The SMILES string of the molecule is CCOc1ccc(OCC)c(S(=O)(=O)NCCOC)c1. The van der Waals surface area contributed by atoms with Crippen molar-refractivity contribution in [3.05, 3.63) is 18.2 Å². The van der Waals surface area contributed by atoms with Gasteiger partial charge in [-0.2, -0.15) is 0 Å². The molecule has 7 heteroatoms. The van der Waals surface area contributed by atoms with E-state index in [2.05, 4.69) is 4.72 Å². The van der Waals surface area contributed by atoms with E-state index in [4.69, 9.17) is 14.2 Å². The minimum absolute atomic E-state index is 0.0707. The summed E-state index contributed by atoms with van der Waals surface area (Å²) in [5, 5.41) is 0. The van der Waals surface area contributed by atoms with Crippen LogP contribution in [0.2, 0.25) is 0 Å².